The van der Waals surface area contributed by atoms with Crippen LogP contribution < -0.4 is 10.6 Å². The normalized spacial score (nSPS) is 12.6. The maximum atomic E-state index is 12.5. The molecule has 1 rings (SSSR count). The standard InChI is InChI=1S/C16H30N4O3S2/c1-5-20(6-2)25(21,22)15-9-8-14(24-15)10-12-19-16(17-3)18-11-7-13-23-4/h8-9H,5-7,10-13H2,1-4H3,(H2,17,18,19). The third kappa shape index (κ3) is 6.93. The predicted octanol–water partition coefficient (Wildman–Crippen LogP) is 1.52. The Morgan fingerprint density at radius 2 is 1.92 bits per heavy atom. The topological polar surface area (TPSA) is 83.0 Å². The van der Waals surface area contributed by atoms with E-state index >= 15 is 0 Å². The first-order valence-electron chi connectivity index (χ1n) is 8.51. The van der Waals surface area contributed by atoms with Crippen LogP contribution >= 0.6 is 11.3 Å². The quantitative estimate of drug-likeness (QED) is 0.340. The second-order valence-corrected chi connectivity index (χ2v) is 8.67. The SMILES string of the molecule is CCN(CC)S(=O)(=O)c1ccc(CCNC(=NC)NCCCOC)s1. The Morgan fingerprint density at radius 1 is 1.24 bits per heavy atom. The Morgan fingerprint density at radius 3 is 2.52 bits per heavy atom. The zero-order valence-corrected chi connectivity index (χ0v) is 17.2. The summed E-state index contributed by atoms with van der Waals surface area (Å²) >= 11 is 1.34. The Labute approximate surface area is 155 Å². The van der Waals surface area contributed by atoms with Crippen molar-refractivity contribution in [1.29, 1.82) is 0 Å². The average molecular weight is 391 g/mol. The summed E-state index contributed by atoms with van der Waals surface area (Å²) in [5, 5.41) is 6.44. The molecule has 1 aromatic heterocycles. The fraction of sp³-hybridized carbons (Fsp3) is 0.688. The number of guanidine groups is 1. The minimum atomic E-state index is -3.36. The van der Waals surface area contributed by atoms with Gasteiger partial charge in [0.05, 0.1) is 0 Å². The van der Waals surface area contributed by atoms with Gasteiger partial charge in [0.2, 0.25) is 0 Å². The van der Waals surface area contributed by atoms with Gasteiger partial charge >= 0.3 is 0 Å². The summed E-state index contributed by atoms with van der Waals surface area (Å²) < 4.78 is 31.9. The predicted molar refractivity (Wildman–Crippen MR) is 104 cm³/mol. The van der Waals surface area contributed by atoms with Gasteiger partial charge in [0.25, 0.3) is 10.0 Å². The first-order chi connectivity index (χ1) is 12.0. The highest BCUT2D eigenvalue weighted by Crippen LogP contribution is 2.25. The van der Waals surface area contributed by atoms with E-state index in [1.54, 1.807) is 20.2 Å². The molecule has 9 heteroatoms. The van der Waals surface area contributed by atoms with Crippen LogP contribution in [0.15, 0.2) is 21.3 Å². The van der Waals surface area contributed by atoms with E-state index in [2.05, 4.69) is 15.6 Å². The molecule has 0 saturated heterocycles. The number of nitrogens with one attached hydrogen (secondary N) is 2. The van der Waals surface area contributed by atoms with Crippen molar-refractivity contribution in [2.24, 2.45) is 4.99 Å². The van der Waals surface area contributed by atoms with Crippen LogP contribution in [0.5, 0.6) is 0 Å². The smallest absolute Gasteiger partial charge is 0.252 e. The zero-order valence-electron chi connectivity index (χ0n) is 15.5. The van der Waals surface area contributed by atoms with E-state index in [1.807, 2.05) is 19.9 Å². The number of ether oxygens (including phenoxy) is 1. The van der Waals surface area contributed by atoms with E-state index in [-0.39, 0.29) is 0 Å². The van der Waals surface area contributed by atoms with E-state index in [1.165, 1.54) is 15.6 Å². The highest BCUT2D eigenvalue weighted by molar-refractivity contribution is 7.91. The molecule has 1 aromatic rings. The van der Waals surface area contributed by atoms with Gasteiger partial charge in [-0.1, -0.05) is 13.8 Å². The fourth-order valence-corrected chi connectivity index (χ4v) is 5.24. The summed E-state index contributed by atoms with van der Waals surface area (Å²) in [7, 11) is 0.0507. The molecule has 0 aliphatic carbocycles. The fourth-order valence-electron chi connectivity index (χ4n) is 2.27. The van der Waals surface area contributed by atoms with Crippen molar-refractivity contribution in [3.05, 3.63) is 17.0 Å². The van der Waals surface area contributed by atoms with E-state index in [0.717, 1.165) is 30.2 Å². The molecule has 0 spiro atoms. The number of hydrogen-bond donors (Lipinski definition) is 2. The second-order valence-electron chi connectivity index (χ2n) is 5.33. The summed E-state index contributed by atoms with van der Waals surface area (Å²) in [6.45, 7) is 6.86. The Kier molecular flexibility index (Phi) is 10.0. The van der Waals surface area contributed by atoms with Crippen molar-refractivity contribution in [3.63, 3.8) is 0 Å². The molecule has 1 heterocycles. The lowest BCUT2D eigenvalue weighted by Gasteiger charge is -2.16. The largest absolute Gasteiger partial charge is 0.385 e. The number of aliphatic imine (C=N–C) groups is 1. The molecule has 0 aliphatic rings. The Balaban J connectivity index is 2.50. The highest BCUT2D eigenvalue weighted by atomic mass is 32.2. The van der Waals surface area contributed by atoms with Gasteiger partial charge in [0.1, 0.15) is 4.21 Å². The maximum Gasteiger partial charge on any atom is 0.252 e. The number of nitrogens with zero attached hydrogens (tertiary/aromatic N) is 2. The molecule has 0 aliphatic heterocycles. The van der Waals surface area contributed by atoms with Gasteiger partial charge in [-0.2, -0.15) is 4.31 Å². The molecule has 0 unspecified atom stereocenters. The number of rotatable bonds is 11. The van der Waals surface area contributed by atoms with E-state index < -0.39 is 10.0 Å². The van der Waals surface area contributed by atoms with E-state index in [4.69, 9.17) is 4.74 Å². The summed E-state index contributed by atoms with van der Waals surface area (Å²) in [5.74, 6) is 0.739. The van der Waals surface area contributed by atoms with Gasteiger partial charge < -0.3 is 15.4 Å². The first kappa shape index (κ1) is 21.9. The molecule has 0 radical (unpaired) electrons. The number of sulfonamides is 1. The first-order valence-corrected chi connectivity index (χ1v) is 10.8. The molecule has 0 fully saturated rings. The summed E-state index contributed by atoms with van der Waals surface area (Å²) in [6, 6.07) is 3.59. The lowest BCUT2D eigenvalue weighted by molar-refractivity contribution is 0.195. The molecule has 144 valence electrons. The zero-order chi connectivity index (χ0) is 18.7. The van der Waals surface area contributed by atoms with Gasteiger partial charge in [-0.25, -0.2) is 8.42 Å². The van der Waals surface area contributed by atoms with Gasteiger partial charge in [-0.15, -0.1) is 11.3 Å². The molecule has 0 amide bonds. The summed E-state index contributed by atoms with van der Waals surface area (Å²) in [4.78, 5) is 5.20. The minimum absolute atomic E-state index is 0.410. The Bertz CT molecular complexity index is 625. The van der Waals surface area contributed by atoms with Crippen LogP contribution in [0, 0.1) is 0 Å². The van der Waals surface area contributed by atoms with Crippen molar-refractivity contribution < 1.29 is 13.2 Å². The van der Waals surface area contributed by atoms with Gasteiger partial charge in [0.15, 0.2) is 5.96 Å². The lowest BCUT2D eigenvalue weighted by Crippen LogP contribution is -2.38. The maximum absolute atomic E-state index is 12.5. The minimum Gasteiger partial charge on any atom is -0.385 e. The van der Waals surface area contributed by atoms with Crippen LogP contribution in [0.3, 0.4) is 0 Å². The van der Waals surface area contributed by atoms with Crippen LogP contribution in [0.25, 0.3) is 0 Å². The van der Waals surface area contributed by atoms with Gasteiger partial charge in [-0.3, -0.25) is 4.99 Å². The molecule has 0 aromatic carbocycles. The van der Waals surface area contributed by atoms with E-state index in [9.17, 15) is 8.42 Å². The van der Waals surface area contributed by atoms with Crippen LogP contribution in [0.1, 0.15) is 25.1 Å². The van der Waals surface area contributed by atoms with Crippen molar-refractivity contribution in [2.45, 2.75) is 30.9 Å². The third-order valence-corrected chi connectivity index (χ3v) is 7.30. The monoisotopic (exact) mass is 390 g/mol. The lowest BCUT2D eigenvalue weighted by atomic mass is 10.3. The number of hydrogen-bond acceptors (Lipinski definition) is 5. The molecular weight excluding hydrogens is 360 g/mol. The van der Waals surface area contributed by atoms with Crippen molar-refractivity contribution >= 4 is 27.3 Å². The average Bonchev–Trinajstić information content (AvgIpc) is 3.07. The van der Waals surface area contributed by atoms with Crippen molar-refractivity contribution in [3.8, 4) is 0 Å². The molecular formula is C16H30N4O3S2. The van der Waals surface area contributed by atoms with Crippen LogP contribution in [-0.2, 0) is 21.2 Å². The van der Waals surface area contributed by atoms with Crippen LogP contribution in [-0.4, -0.2) is 65.6 Å². The molecule has 7 nitrogen and oxygen atoms in total. The Hall–Kier alpha value is -1.16. The van der Waals surface area contributed by atoms with Gasteiger partial charge in [-0.05, 0) is 25.0 Å². The molecule has 0 saturated carbocycles. The summed E-state index contributed by atoms with van der Waals surface area (Å²) in [6.07, 6.45) is 1.66. The molecule has 2 N–H and O–H groups in total. The highest BCUT2D eigenvalue weighted by Gasteiger charge is 2.23. The van der Waals surface area contributed by atoms with Crippen molar-refractivity contribution in [2.75, 3.05) is 46.9 Å². The molecule has 25 heavy (non-hydrogen) atoms. The number of methoxy groups -OCH3 is 1. The van der Waals surface area contributed by atoms with Crippen LogP contribution in [0.4, 0.5) is 0 Å². The van der Waals surface area contributed by atoms with E-state index in [0.29, 0.717) is 30.5 Å². The second kappa shape index (κ2) is 11.5. The molecule has 0 atom stereocenters. The van der Waals surface area contributed by atoms with Crippen LogP contribution in [0.2, 0.25) is 0 Å². The van der Waals surface area contributed by atoms with Crippen molar-refractivity contribution in [1.82, 2.24) is 14.9 Å². The van der Waals surface area contributed by atoms with Gasteiger partial charge in [0, 0.05) is 51.8 Å². The summed E-state index contributed by atoms with van der Waals surface area (Å²) in [5.41, 5.74) is 0. The number of thiophene rings is 1. The third-order valence-electron chi connectivity index (χ3n) is 3.64. The molecule has 0 bridgehead atoms.